The van der Waals surface area contributed by atoms with Gasteiger partial charge in [-0.15, -0.1) is 0 Å². The van der Waals surface area contributed by atoms with Crippen LogP contribution in [-0.4, -0.2) is 26.5 Å². The van der Waals surface area contributed by atoms with E-state index in [1.165, 1.54) is 12.8 Å². The van der Waals surface area contributed by atoms with E-state index in [1.54, 1.807) is 24.3 Å². The van der Waals surface area contributed by atoms with Crippen molar-refractivity contribution in [1.82, 2.24) is 0 Å². The van der Waals surface area contributed by atoms with Crippen LogP contribution < -0.4 is 10.5 Å². The number of benzene rings is 1. The summed E-state index contributed by atoms with van der Waals surface area (Å²) < 4.78 is 29.4. The minimum absolute atomic E-state index is 0.221. The molecule has 0 atom stereocenters. The summed E-state index contributed by atoms with van der Waals surface area (Å²) in [5.74, 6) is 1.69. The van der Waals surface area contributed by atoms with E-state index in [0.29, 0.717) is 30.4 Å². The summed E-state index contributed by atoms with van der Waals surface area (Å²) in [6.07, 6.45) is 5.04. The van der Waals surface area contributed by atoms with Crippen molar-refractivity contribution in [1.29, 1.82) is 0 Å². The highest BCUT2D eigenvalue weighted by Gasteiger charge is 2.22. The van der Waals surface area contributed by atoms with Gasteiger partial charge in [0.2, 0.25) is 0 Å². The van der Waals surface area contributed by atoms with Crippen molar-refractivity contribution in [2.45, 2.75) is 32.1 Å². The number of hydrogen-bond acceptors (Lipinski definition) is 4. The molecule has 1 fully saturated rings. The number of nitrogen functional groups attached to an aromatic ring is 1. The van der Waals surface area contributed by atoms with Gasteiger partial charge in [-0.25, -0.2) is 8.42 Å². The molecule has 0 amide bonds. The Morgan fingerprint density at radius 2 is 1.80 bits per heavy atom. The molecule has 0 bridgehead atoms. The fraction of sp³-hybridized carbons (Fsp3) is 0.600. The van der Waals surface area contributed by atoms with Crippen LogP contribution in [0.25, 0.3) is 0 Å². The van der Waals surface area contributed by atoms with Crippen LogP contribution in [0.4, 0.5) is 5.69 Å². The van der Waals surface area contributed by atoms with Crippen molar-refractivity contribution in [3.05, 3.63) is 24.3 Å². The molecule has 112 valence electrons. The molecule has 2 N–H and O–H groups in total. The predicted molar refractivity (Wildman–Crippen MR) is 81.6 cm³/mol. The number of hydrogen-bond donors (Lipinski definition) is 1. The van der Waals surface area contributed by atoms with Crippen LogP contribution in [0.15, 0.2) is 24.3 Å². The minimum Gasteiger partial charge on any atom is -0.494 e. The van der Waals surface area contributed by atoms with Gasteiger partial charge in [0.1, 0.15) is 5.75 Å². The first-order chi connectivity index (χ1) is 9.55. The van der Waals surface area contributed by atoms with Crippen LogP contribution in [-0.2, 0) is 9.84 Å². The Kier molecular flexibility index (Phi) is 5.29. The van der Waals surface area contributed by atoms with Gasteiger partial charge in [0, 0.05) is 5.69 Å². The number of sulfone groups is 1. The molecule has 2 rings (SSSR count). The van der Waals surface area contributed by atoms with E-state index < -0.39 is 9.84 Å². The molecular weight excluding hydrogens is 274 g/mol. The monoisotopic (exact) mass is 297 g/mol. The first-order valence-corrected chi connectivity index (χ1v) is 9.06. The molecule has 5 heteroatoms. The number of anilines is 1. The van der Waals surface area contributed by atoms with Gasteiger partial charge < -0.3 is 10.5 Å². The second kappa shape index (κ2) is 6.97. The lowest BCUT2D eigenvalue weighted by atomic mass is 10.1. The molecule has 0 aliphatic heterocycles. The third-order valence-corrected chi connectivity index (χ3v) is 5.60. The molecule has 1 aromatic rings. The highest BCUT2D eigenvalue weighted by molar-refractivity contribution is 7.91. The van der Waals surface area contributed by atoms with Crippen LogP contribution in [0, 0.1) is 5.92 Å². The Balaban J connectivity index is 1.68. The average molecular weight is 297 g/mol. The van der Waals surface area contributed by atoms with E-state index in [0.717, 1.165) is 18.6 Å². The Bertz CT molecular complexity index is 504. The van der Waals surface area contributed by atoms with Gasteiger partial charge in [-0.1, -0.05) is 12.8 Å². The summed E-state index contributed by atoms with van der Waals surface area (Å²) in [7, 11) is -2.93. The van der Waals surface area contributed by atoms with Crippen molar-refractivity contribution in [3.63, 3.8) is 0 Å². The maximum absolute atomic E-state index is 12.0. The van der Waals surface area contributed by atoms with Gasteiger partial charge in [-0.05, 0) is 49.4 Å². The maximum Gasteiger partial charge on any atom is 0.150 e. The predicted octanol–water partition coefficient (Wildman–Crippen LogP) is 2.64. The topological polar surface area (TPSA) is 69.4 Å². The Labute approximate surface area is 121 Å². The summed E-state index contributed by atoms with van der Waals surface area (Å²) >= 11 is 0. The fourth-order valence-electron chi connectivity index (χ4n) is 2.65. The first-order valence-electron chi connectivity index (χ1n) is 7.24. The molecule has 1 saturated carbocycles. The summed E-state index contributed by atoms with van der Waals surface area (Å²) in [5.41, 5.74) is 6.27. The largest absolute Gasteiger partial charge is 0.494 e. The third-order valence-electron chi connectivity index (χ3n) is 3.71. The molecule has 0 saturated heterocycles. The van der Waals surface area contributed by atoms with Gasteiger partial charge >= 0.3 is 0 Å². The van der Waals surface area contributed by atoms with E-state index in [4.69, 9.17) is 10.5 Å². The van der Waals surface area contributed by atoms with Crippen molar-refractivity contribution < 1.29 is 13.2 Å². The number of nitrogens with two attached hydrogens (primary N) is 1. The molecular formula is C15H23NO3S. The third kappa shape index (κ3) is 5.04. The van der Waals surface area contributed by atoms with Gasteiger partial charge in [-0.3, -0.25) is 0 Å². The molecule has 1 aromatic carbocycles. The van der Waals surface area contributed by atoms with E-state index in [1.807, 2.05) is 0 Å². The Hall–Kier alpha value is -1.23. The molecule has 20 heavy (non-hydrogen) atoms. The Morgan fingerprint density at radius 3 is 2.45 bits per heavy atom. The summed E-state index contributed by atoms with van der Waals surface area (Å²) in [4.78, 5) is 0. The van der Waals surface area contributed by atoms with Crippen molar-refractivity contribution in [2.75, 3.05) is 23.8 Å². The lowest BCUT2D eigenvalue weighted by Crippen LogP contribution is -2.18. The van der Waals surface area contributed by atoms with Crippen LogP contribution in [0.1, 0.15) is 32.1 Å². The molecule has 0 radical (unpaired) electrons. The van der Waals surface area contributed by atoms with Gasteiger partial charge in [-0.2, -0.15) is 0 Å². The SMILES string of the molecule is Nc1ccc(OCCCS(=O)(=O)CC2CCCC2)cc1. The highest BCUT2D eigenvalue weighted by Crippen LogP contribution is 2.26. The quantitative estimate of drug-likeness (QED) is 0.620. The fourth-order valence-corrected chi connectivity index (χ4v) is 4.43. The molecule has 1 aliphatic carbocycles. The van der Waals surface area contributed by atoms with Crippen molar-refractivity contribution in [2.24, 2.45) is 5.92 Å². The molecule has 0 heterocycles. The molecule has 4 nitrogen and oxygen atoms in total. The molecule has 1 aliphatic rings. The van der Waals surface area contributed by atoms with Crippen molar-refractivity contribution in [3.8, 4) is 5.75 Å². The van der Waals surface area contributed by atoms with Crippen LogP contribution in [0.3, 0.4) is 0 Å². The zero-order chi connectivity index (χ0) is 14.4. The number of rotatable bonds is 7. The summed E-state index contributed by atoms with van der Waals surface area (Å²) in [6, 6.07) is 7.13. The van der Waals surface area contributed by atoms with Crippen LogP contribution >= 0.6 is 0 Å². The average Bonchev–Trinajstić information content (AvgIpc) is 2.89. The van der Waals surface area contributed by atoms with E-state index in [-0.39, 0.29) is 5.75 Å². The first kappa shape index (κ1) is 15.2. The zero-order valence-corrected chi connectivity index (χ0v) is 12.6. The summed E-state index contributed by atoms with van der Waals surface area (Å²) in [6.45, 7) is 0.424. The second-order valence-corrected chi connectivity index (χ2v) is 7.76. The highest BCUT2D eigenvalue weighted by atomic mass is 32.2. The lowest BCUT2D eigenvalue weighted by Gasteiger charge is -2.10. The van der Waals surface area contributed by atoms with E-state index in [9.17, 15) is 8.42 Å². The van der Waals surface area contributed by atoms with E-state index in [2.05, 4.69) is 0 Å². The smallest absolute Gasteiger partial charge is 0.150 e. The van der Waals surface area contributed by atoms with Crippen LogP contribution in [0.5, 0.6) is 5.75 Å². The van der Waals surface area contributed by atoms with Crippen molar-refractivity contribution >= 4 is 15.5 Å². The minimum atomic E-state index is -2.93. The number of ether oxygens (including phenoxy) is 1. The Morgan fingerprint density at radius 1 is 1.15 bits per heavy atom. The standard InChI is InChI=1S/C15H23NO3S/c16-14-6-8-15(9-7-14)19-10-3-11-20(17,18)12-13-4-1-2-5-13/h6-9,13H,1-5,10-12,16H2. The maximum atomic E-state index is 12.0. The van der Waals surface area contributed by atoms with Gasteiger partial charge in [0.15, 0.2) is 9.84 Å². The van der Waals surface area contributed by atoms with Gasteiger partial charge in [0.05, 0.1) is 18.1 Å². The zero-order valence-electron chi connectivity index (χ0n) is 11.8. The molecule has 0 aromatic heterocycles. The van der Waals surface area contributed by atoms with E-state index >= 15 is 0 Å². The second-order valence-electron chi connectivity index (χ2n) is 5.54. The van der Waals surface area contributed by atoms with Gasteiger partial charge in [0.25, 0.3) is 0 Å². The van der Waals surface area contributed by atoms with Crippen LogP contribution in [0.2, 0.25) is 0 Å². The molecule has 0 unspecified atom stereocenters. The lowest BCUT2D eigenvalue weighted by molar-refractivity contribution is 0.317. The summed E-state index contributed by atoms with van der Waals surface area (Å²) in [5, 5.41) is 0. The molecule has 0 spiro atoms. The normalized spacial score (nSPS) is 16.4.